The van der Waals surface area contributed by atoms with Gasteiger partial charge in [-0.15, -0.1) is 6.42 Å². The van der Waals surface area contributed by atoms with Gasteiger partial charge < -0.3 is 4.90 Å². The highest BCUT2D eigenvalue weighted by atomic mass is 15.1. The quantitative estimate of drug-likeness (QED) is 0.607. The first kappa shape index (κ1) is 12.1. The Hall–Kier alpha value is -1.86. The third-order valence-corrected chi connectivity index (χ3v) is 1.47. The second-order valence-electron chi connectivity index (χ2n) is 2.75. The van der Waals surface area contributed by atoms with E-state index in [0.717, 1.165) is 0 Å². The lowest BCUT2D eigenvalue weighted by atomic mass is 10.3. The van der Waals surface area contributed by atoms with Crippen molar-refractivity contribution in [1.82, 2.24) is 0 Å². The number of benzene rings is 1. The van der Waals surface area contributed by atoms with Crippen molar-refractivity contribution in [2.24, 2.45) is 0 Å². The highest BCUT2D eigenvalue weighted by molar-refractivity contribution is 5.43. The molecule has 0 saturated heterocycles. The van der Waals surface area contributed by atoms with Crippen molar-refractivity contribution in [3.05, 3.63) is 30.3 Å². The third-order valence-electron chi connectivity index (χ3n) is 1.47. The summed E-state index contributed by atoms with van der Waals surface area (Å²) in [6, 6.07) is 10.3. The second kappa shape index (κ2) is 7.77. The van der Waals surface area contributed by atoms with Gasteiger partial charge in [0.05, 0.1) is 0 Å². The van der Waals surface area contributed by atoms with Gasteiger partial charge >= 0.3 is 0 Å². The molecular formula is C13H15N. The van der Waals surface area contributed by atoms with Crippen LogP contribution >= 0.6 is 0 Å². The molecule has 0 radical (unpaired) electrons. The Morgan fingerprint density at radius 2 is 1.71 bits per heavy atom. The lowest BCUT2D eigenvalue weighted by Gasteiger charge is -2.10. The first-order chi connectivity index (χ1) is 6.72. The fourth-order valence-electron chi connectivity index (χ4n) is 0.798. The van der Waals surface area contributed by atoms with Crippen LogP contribution in [0.1, 0.15) is 6.92 Å². The van der Waals surface area contributed by atoms with E-state index in [2.05, 4.69) is 34.8 Å². The zero-order valence-corrected chi connectivity index (χ0v) is 8.91. The van der Waals surface area contributed by atoms with Gasteiger partial charge in [-0.05, 0) is 30.9 Å². The SMILES string of the molecule is C#CC#CC.CN(C)c1ccccc1. The molecule has 0 aliphatic heterocycles. The molecule has 0 amide bonds. The fourth-order valence-corrected chi connectivity index (χ4v) is 0.798. The van der Waals surface area contributed by atoms with E-state index >= 15 is 0 Å². The molecule has 0 atom stereocenters. The van der Waals surface area contributed by atoms with E-state index < -0.39 is 0 Å². The summed E-state index contributed by atoms with van der Waals surface area (Å²) >= 11 is 0. The molecule has 0 aromatic heterocycles. The van der Waals surface area contributed by atoms with Crippen molar-refractivity contribution >= 4 is 5.69 Å². The smallest absolute Gasteiger partial charge is 0.0360 e. The molecule has 1 aromatic rings. The summed E-state index contributed by atoms with van der Waals surface area (Å²) in [6.07, 6.45) is 4.72. The molecule has 0 unspecified atom stereocenters. The molecule has 1 heteroatoms. The number of hydrogen-bond donors (Lipinski definition) is 0. The van der Waals surface area contributed by atoms with Crippen molar-refractivity contribution in [3.63, 3.8) is 0 Å². The van der Waals surface area contributed by atoms with Crippen LogP contribution in [0, 0.1) is 24.2 Å². The summed E-state index contributed by atoms with van der Waals surface area (Å²) in [7, 11) is 4.07. The maximum absolute atomic E-state index is 4.72. The van der Waals surface area contributed by atoms with Crippen LogP contribution in [-0.2, 0) is 0 Å². The number of terminal acetylenes is 1. The molecule has 0 spiro atoms. The van der Waals surface area contributed by atoms with Gasteiger partial charge in [0.15, 0.2) is 0 Å². The number of para-hydroxylation sites is 1. The Kier molecular flexibility index (Phi) is 6.74. The first-order valence-corrected chi connectivity index (χ1v) is 4.32. The van der Waals surface area contributed by atoms with Crippen molar-refractivity contribution in [2.45, 2.75) is 6.92 Å². The normalized spacial score (nSPS) is 7.00. The molecule has 0 saturated carbocycles. The maximum Gasteiger partial charge on any atom is 0.0360 e. The van der Waals surface area contributed by atoms with Crippen molar-refractivity contribution < 1.29 is 0 Å². The van der Waals surface area contributed by atoms with E-state index in [4.69, 9.17) is 6.42 Å². The largest absolute Gasteiger partial charge is 0.378 e. The predicted molar refractivity (Wildman–Crippen MR) is 63.1 cm³/mol. The molecule has 0 heterocycles. The predicted octanol–water partition coefficient (Wildman–Crippen LogP) is 2.40. The van der Waals surface area contributed by atoms with E-state index in [1.807, 2.05) is 32.3 Å². The lowest BCUT2D eigenvalue weighted by molar-refractivity contribution is 1.13. The molecule has 1 rings (SSSR count). The van der Waals surface area contributed by atoms with Crippen molar-refractivity contribution in [3.8, 4) is 24.2 Å². The molecule has 0 N–H and O–H groups in total. The van der Waals surface area contributed by atoms with Crippen LogP contribution in [0.3, 0.4) is 0 Å². The Balaban J connectivity index is 0.000000292. The van der Waals surface area contributed by atoms with Gasteiger partial charge in [-0.1, -0.05) is 24.1 Å². The topological polar surface area (TPSA) is 3.24 Å². The minimum atomic E-state index is 1.25. The van der Waals surface area contributed by atoms with Crippen molar-refractivity contribution in [1.29, 1.82) is 0 Å². The molecule has 72 valence electrons. The van der Waals surface area contributed by atoms with Crippen LogP contribution < -0.4 is 4.90 Å². The average Bonchev–Trinajstić information content (AvgIpc) is 2.21. The monoisotopic (exact) mass is 185 g/mol. The van der Waals surface area contributed by atoms with Gasteiger partial charge in [0, 0.05) is 19.8 Å². The minimum Gasteiger partial charge on any atom is -0.378 e. The van der Waals surface area contributed by atoms with E-state index in [1.54, 1.807) is 6.92 Å². The highest BCUT2D eigenvalue weighted by Gasteiger charge is 1.87. The summed E-state index contributed by atoms with van der Waals surface area (Å²) in [5, 5.41) is 0. The highest BCUT2D eigenvalue weighted by Crippen LogP contribution is 2.07. The number of nitrogens with zero attached hydrogens (tertiary/aromatic N) is 1. The van der Waals surface area contributed by atoms with Crippen LogP contribution in [0.2, 0.25) is 0 Å². The average molecular weight is 185 g/mol. The van der Waals surface area contributed by atoms with Gasteiger partial charge in [0.1, 0.15) is 0 Å². The fraction of sp³-hybridized carbons (Fsp3) is 0.231. The first-order valence-electron chi connectivity index (χ1n) is 4.32. The van der Waals surface area contributed by atoms with Crippen LogP contribution in [0.25, 0.3) is 0 Å². The minimum absolute atomic E-state index is 1.25. The van der Waals surface area contributed by atoms with Gasteiger partial charge in [-0.3, -0.25) is 0 Å². The van der Waals surface area contributed by atoms with Gasteiger partial charge in [0.25, 0.3) is 0 Å². The number of rotatable bonds is 1. The van der Waals surface area contributed by atoms with Crippen LogP contribution in [0.5, 0.6) is 0 Å². The number of anilines is 1. The molecule has 0 aliphatic rings. The Morgan fingerprint density at radius 1 is 1.14 bits per heavy atom. The molecule has 1 aromatic carbocycles. The summed E-state index contributed by atoms with van der Waals surface area (Å²) in [4.78, 5) is 2.08. The summed E-state index contributed by atoms with van der Waals surface area (Å²) in [5.41, 5.74) is 1.25. The van der Waals surface area contributed by atoms with Gasteiger partial charge in [-0.2, -0.15) is 0 Å². The van der Waals surface area contributed by atoms with E-state index in [9.17, 15) is 0 Å². The maximum atomic E-state index is 4.72. The van der Waals surface area contributed by atoms with Crippen LogP contribution in [-0.4, -0.2) is 14.1 Å². The summed E-state index contributed by atoms with van der Waals surface area (Å²) in [6.45, 7) is 1.71. The standard InChI is InChI=1S/C8H11N.C5H4/c1-9(2)8-6-4-3-5-7-8;1-3-5-4-2/h3-7H,1-2H3;1H,2H3. The molecule has 0 aliphatic carbocycles. The van der Waals surface area contributed by atoms with Crippen LogP contribution in [0.15, 0.2) is 30.3 Å². The molecule has 14 heavy (non-hydrogen) atoms. The molecule has 0 fully saturated rings. The Bertz CT molecular complexity index is 333. The Morgan fingerprint density at radius 3 is 1.93 bits per heavy atom. The molecule has 0 bridgehead atoms. The molecular weight excluding hydrogens is 170 g/mol. The van der Waals surface area contributed by atoms with Crippen LogP contribution in [0.4, 0.5) is 5.69 Å². The summed E-state index contributed by atoms with van der Waals surface area (Å²) in [5.74, 6) is 7.08. The van der Waals surface area contributed by atoms with E-state index in [-0.39, 0.29) is 0 Å². The number of hydrogen-bond acceptors (Lipinski definition) is 1. The van der Waals surface area contributed by atoms with E-state index in [1.165, 1.54) is 5.69 Å². The second-order valence-corrected chi connectivity index (χ2v) is 2.75. The molecule has 1 nitrogen and oxygen atoms in total. The zero-order chi connectivity index (χ0) is 10.8. The zero-order valence-electron chi connectivity index (χ0n) is 8.91. The van der Waals surface area contributed by atoms with Crippen molar-refractivity contribution in [2.75, 3.05) is 19.0 Å². The van der Waals surface area contributed by atoms with E-state index in [0.29, 0.717) is 0 Å². The Labute approximate surface area is 86.8 Å². The van der Waals surface area contributed by atoms with Gasteiger partial charge in [-0.25, -0.2) is 0 Å². The van der Waals surface area contributed by atoms with Gasteiger partial charge in [0.2, 0.25) is 0 Å². The third kappa shape index (κ3) is 5.75. The summed E-state index contributed by atoms with van der Waals surface area (Å²) < 4.78 is 0. The lowest BCUT2D eigenvalue weighted by Crippen LogP contribution is -2.07.